The van der Waals surface area contributed by atoms with Gasteiger partial charge in [0.15, 0.2) is 5.75 Å². The molecule has 1 aromatic rings. The first-order valence-electron chi connectivity index (χ1n) is 6.09. The highest BCUT2D eigenvalue weighted by molar-refractivity contribution is 6.42. The highest BCUT2D eigenvalue weighted by atomic mass is 35.5. The molecule has 110 valence electrons. The summed E-state index contributed by atoms with van der Waals surface area (Å²) in [5.41, 5.74) is 0.576. The van der Waals surface area contributed by atoms with Gasteiger partial charge in [0, 0.05) is 18.7 Å². The molecule has 0 amide bonds. The summed E-state index contributed by atoms with van der Waals surface area (Å²) < 4.78 is 5.40. The van der Waals surface area contributed by atoms with Crippen LogP contribution in [0.2, 0.25) is 10.0 Å². The summed E-state index contributed by atoms with van der Waals surface area (Å²) in [6.07, 6.45) is 1.02. The molecule has 0 fully saturated rings. The van der Waals surface area contributed by atoms with Gasteiger partial charge in [-0.1, -0.05) is 36.7 Å². The topological polar surface area (TPSA) is 64.4 Å². The number of nitrogens with one attached hydrogen (secondary N) is 1. The molecule has 5 nitrogen and oxygen atoms in total. The molecule has 0 bridgehead atoms. The minimum Gasteiger partial charge on any atom is -0.482 e. The van der Waals surface area contributed by atoms with E-state index in [0.717, 1.165) is 18.5 Å². The zero-order valence-corrected chi connectivity index (χ0v) is 12.6. The maximum absolute atomic E-state index is 10.9. The Balaban J connectivity index is 2.69. The van der Waals surface area contributed by atoms with Crippen molar-refractivity contribution in [3.05, 3.63) is 44.4 Å². The highest BCUT2D eigenvalue weighted by Gasteiger charge is 2.18. The molecule has 0 unspecified atom stereocenters. The van der Waals surface area contributed by atoms with E-state index in [9.17, 15) is 10.1 Å². The molecule has 0 radical (unpaired) electrons. The Kier molecular flexibility index (Phi) is 6.78. The van der Waals surface area contributed by atoms with E-state index < -0.39 is 4.92 Å². The lowest BCUT2D eigenvalue weighted by Gasteiger charge is -2.10. The number of nitro benzene ring substituents is 1. The summed E-state index contributed by atoms with van der Waals surface area (Å²) in [6.45, 7) is 7.56. The Morgan fingerprint density at radius 3 is 2.70 bits per heavy atom. The summed E-state index contributed by atoms with van der Waals surface area (Å²) in [6, 6.07) is 2.52. The van der Waals surface area contributed by atoms with Crippen LogP contribution in [-0.4, -0.2) is 24.6 Å². The van der Waals surface area contributed by atoms with Gasteiger partial charge in [-0.15, -0.1) is 0 Å². The number of nitro groups is 1. The number of ether oxygens (including phenoxy) is 1. The predicted molar refractivity (Wildman–Crippen MR) is 80.9 cm³/mol. The van der Waals surface area contributed by atoms with Crippen LogP contribution < -0.4 is 10.1 Å². The van der Waals surface area contributed by atoms with E-state index >= 15 is 0 Å². The van der Waals surface area contributed by atoms with Gasteiger partial charge in [-0.2, -0.15) is 0 Å². The van der Waals surface area contributed by atoms with Gasteiger partial charge in [-0.05, 0) is 18.5 Å². The molecule has 7 heteroatoms. The monoisotopic (exact) mass is 318 g/mol. The van der Waals surface area contributed by atoms with Crippen LogP contribution in [0, 0.1) is 10.1 Å². The minimum atomic E-state index is -0.560. The standard InChI is InChI=1S/C13H16Cl2N2O3/c1-3-4-16-7-9(2)8-20-13-6-11(15)10(14)5-12(13)17(18)19/h5-6,16H,2-4,7-8H2,1H3. The van der Waals surface area contributed by atoms with Crippen molar-refractivity contribution in [2.24, 2.45) is 0 Å². The zero-order valence-electron chi connectivity index (χ0n) is 11.1. The van der Waals surface area contributed by atoms with Crippen molar-refractivity contribution < 1.29 is 9.66 Å². The number of halogens is 2. The van der Waals surface area contributed by atoms with Crippen LogP contribution in [0.25, 0.3) is 0 Å². The third kappa shape index (κ3) is 5.00. The van der Waals surface area contributed by atoms with Crippen LogP contribution >= 0.6 is 23.2 Å². The fourth-order valence-electron chi connectivity index (χ4n) is 1.45. The Bertz CT molecular complexity index is 507. The average molecular weight is 319 g/mol. The largest absolute Gasteiger partial charge is 0.482 e. The molecule has 0 saturated heterocycles. The fraction of sp³-hybridized carbons (Fsp3) is 0.385. The second kappa shape index (κ2) is 8.09. The van der Waals surface area contributed by atoms with Gasteiger partial charge in [0.2, 0.25) is 0 Å². The third-order valence-corrected chi connectivity index (χ3v) is 3.15. The minimum absolute atomic E-state index is 0.0843. The first kappa shape index (κ1) is 16.8. The van der Waals surface area contributed by atoms with Crippen molar-refractivity contribution in [2.75, 3.05) is 19.7 Å². The molecular weight excluding hydrogens is 303 g/mol. The van der Waals surface area contributed by atoms with E-state index in [0.29, 0.717) is 6.54 Å². The van der Waals surface area contributed by atoms with E-state index in [1.54, 1.807) is 0 Å². The van der Waals surface area contributed by atoms with E-state index in [4.69, 9.17) is 27.9 Å². The maximum Gasteiger partial charge on any atom is 0.312 e. The Hall–Kier alpha value is -1.30. The molecule has 0 spiro atoms. The van der Waals surface area contributed by atoms with E-state index in [1.165, 1.54) is 12.1 Å². The Morgan fingerprint density at radius 1 is 1.45 bits per heavy atom. The van der Waals surface area contributed by atoms with Gasteiger partial charge >= 0.3 is 5.69 Å². The molecule has 0 aliphatic rings. The normalized spacial score (nSPS) is 10.3. The molecule has 1 N–H and O–H groups in total. The summed E-state index contributed by atoms with van der Waals surface area (Å²) in [5, 5.41) is 14.4. The lowest BCUT2D eigenvalue weighted by atomic mass is 10.3. The van der Waals surface area contributed by atoms with Crippen LogP contribution in [0.15, 0.2) is 24.3 Å². The van der Waals surface area contributed by atoms with Crippen molar-refractivity contribution >= 4 is 28.9 Å². The quantitative estimate of drug-likeness (QED) is 0.342. The molecule has 0 aliphatic heterocycles. The molecule has 1 rings (SSSR count). The van der Waals surface area contributed by atoms with Crippen LogP contribution in [-0.2, 0) is 0 Å². The van der Waals surface area contributed by atoms with Gasteiger partial charge in [0.1, 0.15) is 6.61 Å². The maximum atomic E-state index is 10.9. The number of rotatable bonds is 8. The average Bonchev–Trinajstić information content (AvgIpc) is 2.39. The zero-order chi connectivity index (χ0) is 15.1. The summed E-state index contributed by atoms with van der Waals surface area (Å²) in [7, 11) is 0. The second-order valence-corrected chi connectivity index (χ2v) is 5.02. The molecule has 1 aromatic carbocycles. The summed E-state index contributed by atoms with van der Waals surface area (Å²) in [4.78, 5) is 10.4. The first-order valence-corrected chi connectivity index (χ1v) is 6.85. The molecule has 0 atom stereocenters. The van der Waals surface area contributed by atoms with Gasteiger partial charge in [0.05, 0.1) is 15.0 Å². The van der Waals surface area contributed by atoms with Crippen molar-refractivity contribution in [3.8, 4) is 5.75 Å². The van der Waals surface area contributed by atoms with Gasteiger partial charge in [-0.3, -0.25) is 10.1 Å². The van der Waals surface area contributed by atoms with Gasteiger partial charge < -0.3 is 10.1 Å². The van der Waals surface area contributed by atoms with Crippen molar-refractivity contribution in [2.45, 2.75) is 13.3 Å². The van der Waals surface area contributed by atoms with Gasteiger partial charge in [0.25, 0.3) is 0 Å². The van der Waals surface area contributed by atoms with Crippen LogP contribution in [0.1, 0.15) is 13.3 Å². The molecule has 0 aliphatic carbocycles. The second-order valence-electron chi connectivity index (χ2n) is 4.21. The SMILES string of the molecule is C=C(CNCCC)COc1cc(Cl)c(Cl)cc1[N+](=O)[O-]. The number of hydrogen-bond acceptors (Lipinski definition) is 4. The van der Waals surface area contributed by atoms with E-state index in [2.05, 4.69) is 18.8 Å². The third-order valence-electron chi connectivity index (χ3n) is 2.43. The van der Waals surface area contributed by atoms with E-state index in [1.807, 2.05) is 0 Å². The lowest BCUT2D eigenvalue weighted by Crippen LogP contribution is -2.20. The highest BCUT2D eigenvalue weighted by Crippen LogP contribution is 2.35. The lowest BCUT2D eigenvalue weighted by molar-refractivity contribution is -0.385. The smallest absolute Gasteiger partial charge is 0.312 e. The van der Waals surface area contributed by atoms with Crippen LogP contribution in [0.3, 0.4) is 0 Å². The van der Waals surface area contributed by atoms with E-state index in [-0.39, 0.29) is 28.1 Å². The fourth-order valence-corrected chi connectivity index (χ4v) is 1.76. The molecule has 0 aromatic heterocycles. The van der Waals surface area contributed by atoms with Crippen LogP contribution in [0.4, 0.5) is 5.69 Å². The van der Waals surface area contributed by atoms with Crippen molar-refractivity contribution in [3.63, 3.8) is 0 Å². The molecule has 0 saturated carbocycles. The van der Waals surface area contributed by atoms with Crippen molar-refractivity contribution in [1.82, 2.24) is 5.32 Å². The molecular formula is C13H16Cl2N2O3. The van der Waals surface area contributed by atoms with Crippen LogP contribution in [0.5, 0.6) is 5.75 Å². The summed E-state index contributed by atoms with van der Waals surface area (Å²) in [5.74, 6) is 0.0843. The Morgan fingerprint density at radius 2 is 2.10 bits per heavy atom. The molecule has 20 heavy (non-hydrogen) atoms. The first-order chi connectivity index (χ1) is 9.45. The number of nitrogens with zero attached hydrogens (tertiary/aromatic N) is 1. The predicted octanol–water partition coefficient (Wildman–Crippen LogP) is 3.84. The number of hydrogen-bond donors (Lipinski definition) is 1. The van der Waals surface area contributed by atoms with Crippen molar-refractivity contribution in [1.29, 1.82) is 0 Å². The molecule has 0 heterocycles. The van der Waals surface area contributed by atoms with Gasteiger partial charge in [-0.25, -0.2) is 0 Å². The summed E-state index contributed by atoms with van der Waals surface area (Å²) >= 11 is 11.6. The number of benzene rings is 1. The Labute approximate surface area is 127 Å².